The minimum atomic E-state index is -4.89. The Kier molecular flexibility index (Phi) is 11.3. The van der Waals surface area contributed by atoms with Crippen LogP contribution in [0, 0.1) is 23.1 Å². The maximum atomic E-state index is 14.3. The fourth-order valence-corrected chi connectivity index (χ4v) is 4.52. The average Bonchev–Trinajstić information content (AvgIpc) is 2.96. The van der Waals surface area contributed by atoms with Gasteiger partial charge in [-0.2, -0.15) is 31.6 Å². The van der Waals surface area contributed by atoms with E-state index in [1.807, 2.05) is 0 Å². The van der Waals surface area contributed by atoms with E-state index in [-0.39, 0.29) is 22.8 Å². The van der Waals surface area contributed by atoms with Gasteiger partial charge in [-0.25, -0.2) is 13.2 Å². The Morgan fingerprint density at radius 1 is 0.889 bits per heavy atom. The number of aliphatic hydroxyl groups is 1. The van der Waals surface area contributed by atoms with E-state index in [9.17, 15) is 54.7 Å². The normalized spacial score (nSPS) is 15.0. The molecule has 4 atom stereocenters. The monoisotopic (exact) mass is 645 g/mol. The van der Waals surface area contributed by atoms with Crippen LogP contribution < -0.4 is 10.6 Å². The Labute approximate surface area is 252 Å². The van der Waals surface area contributed by atoms with E-state index in [0.717, 1.165) is 6.07 Å². The predicted octanol–water partition coefficient (Wildman–Crippen LogP) is 7.28. The Bertz CT molecular complexity index is 1480. The number of halogens is 9. The molecule has 0 saturated heterocycles. The highest BCUT2D eigenvalue weighted by Gasteiger charge is 2.43. The first-order chi connectivity index (χ1) is 20.9. The molecule has 0 aliphatic carbocycles. The molecule has 45 heavy (non-hydrogen) atoms. The van der Waals surface area contributed by atoms with Gasteiger partial charge in [-0.05, 0) is 45.9 Å². The molecule has 0 fully saturated rings. The second-order valence-corrected chi connectivity index (χ2v) is 10.6. The van der Waals surface area contributed by atoms with Crippen molar-refractivity contribution in [3.05, 3.63) is 94.8 Å². The summed E-state index contributed by atoms with van der Waals surface area (Å²) in [6, 6.07) is 8.50. The van der Waals surface area contributed by atoms with Crippen molar-refractivity contribution in [2.24, 2.45) is 5.92 Å². The standard InChI is InChI=1S/C31H28F9N3O2/c1-16(2)25(29(45)42-23(15-41)13-21-11-12-22(14-24(21)32)30(35,36)37)43-27(31(38,39)40)20-9-5-18(6-10-20)17-3-7-19(8-4-17)26(44)28(33)34/h3-12,14,16,23,25-28,43-44H,13H2,1-2H3,(H,42,45)/t23-,25-,26+,27-/m0/s1. The molecule has 0 radical (unpaired) electrons. The van der Waals surface area contributed by atoms with E-state index in [4.69, 9.17) is 0 Å². The third-order valence-corrected chi connectivity index (χ3v) is 6.97. The summed E-state index contributed by atoms with van der Waals surface area (Å²) in [5.74, 6) is -3.01. The van der Waals surface area contributed by atoms with E-state index in [1.165, 1.54) is 62.4 Å². The van der Waals surface area contributed by atoms with Crippen LogP contribution in [0.1, 0.15) is 48.2 Å². The molecule has 242 valence electrons. The number of carbonyl (C=O) groups is 1. The van der Waals surface area contributed by atoms with Crippen LogP contribution in [-0.2, 0) is 17.4 Å². The van der Waals surface area contributed by atoms with Crippen molar-refractivity contribution >= 4 is 5.91 Å². The SMILES string of the molecule is CC(C)[C@H](N[C@@H](c1ccc(-c2ccc([C@@H](O)C(F)F)cc2)cc1)C(F)(F)F)C(=O)N[C@H](C#N)Cc1ccc(C(F)(F)F)cc1F. The molecular weight excluding hydrogens is 617 g/mol. The number of nitriles is 1. The van der Waals surface area contributed by atoms with Crippen LogP contribution in [0.3, 0.4) is 0 Å². The number of nitrogens with zero attached hydrogens (tertiary/aromatic N) is 1. The van der Waals surface area contributed by atoms with Crippen molar-refractivity contribution in [2.75, 3.05) is 0 Å². The van der Waals surface area contributed by atoms with Gasteiger partial charge in [0.1, 0.15) is 24.0 Å². The Hall–Kier alpha value is -4.09. The predicted molar refractivity (Wildman–Crippen MR) is 146 cm³/mol. The zero-order chi connectivity index (χ0) is 33.7. The van der Waals surface area contributed by atoms with Gasteiger partial charge in [-0.3, -0.25) is 10.1 Å². The van der Waals surface area contributed by atoms with E-state index in [1.54, 1.807) is 6.07 Å². The molecule has 5 nitrogen and oxygen atoms in total. The maximum absolute atomic E-state index is 14.3. The van der Waals surface area contributed by atoms with Gasteiger partial charge in [-0.15, -0.1) is 0 Å². The minimum Gasteiger partial charge on any atom is -0.382 e. The number of hydrogen-bond acceptors (Lipinski definition) is 4. The minimum absolute atomic E-state index is 0.0344. The second-order valence-electron chi connectivity index (χ2n) is 10.6. The molecule has 0 bridgehead atoms. The van der Waals surface area contributed by atoms with Crippen molar-refractivity contribution < 1.29 is 49.4 Å². The summed E-state index contributed by atoms with van der Waals surface area (Å²) in [5, 5.41) is 23.5. The molecule has 1 amide bonds. The number of alkyl halides is 8. The van der Waals surface area contributed by atoms with E-state index in [0.29, 0.717) is 17.2 Å². The number of rotatable bonds is 11. The van der Waals surface area contributed by atoms with E-state index in [2.05, 4.69) is 10.6 Å². The molecule has 14 heteroatoms. The number of nitrogens with one attached hydrogen (secondary N) is 2. The fraction of sp³-hybridized carbons (Fsp3) is 0.355. The van der Waals surface area contributed by atoms with Gasteiger partial charge in [0.05, 0.1) is 17.7 Å². The summed E-state index contributed by atoms with van der Waals surface area (Å²) in [6.45, 7) is 2.92. The summed E-state index contributed by atoms with van der Waals surface area (Å²) >= 11 is 0. The van der Waals surface area contributed by atoms with Crippen molar-refractivity contribution in [1.82, 2.24) is 10.6 Å². The van der Waals surface area contributed by atoms with Gasteiger partial charge >= 0.3 is 12.4 Å². The van der Waals surface area contributed by atoms with Crippen LogP contribution in [0.15, 0.2) is 66.7 Å². The topological polar surface area (TPSA) is 85.2 Å². The van der Waals surface area contributed by atoms with Crippen molar-refractivity contribution in [1.29, 1.82) is 5.26 Å². The first-order valence-electron chi connectivity index (χ1n) is 13.5. The zero-order valence-electron chi connectivity index (χ0n) is 23.7. The summed E-state index contributed by atoms with van der Waals surface area (Å²) in [7, 11) is 0. The average molecular weight is 646 g/mol. The highest BCUT2D eigenvalue weighted by Crippen LogP contribution is 2.35. The van der Waals surface area contributed by atoms with Crippen LogP contribution in [0.25, 0.3) is 11.1 Å². The fourth-order valence-electron chi connectivity index (χ4n) is 4.52. The molecule has 0 aliphatic heterocycles. The van der Waals surface area contributed by atoms with Gasteiger partial charge in [0.25, 0.3) is 6.43 Å². The summed E-state index contributed by atoms with van der Waals surface area (Å²) in [6.07, 6.45) is -15.2. The molecular formula is C31H28F9N3O2. The van der Waals surface area contributed by atoms with Crippen LogP contribution in [0.5, 0.6) is 0 Å². The molecule has 0 spiro atoms. The lowest BCUT2D eigenvalue weighted by Gasteiger charge is -2.30. The van der Waals surface area contributed by atoms with E-state index >= 15 is 0 Å². The molecule has 3 N–H and O–H groups in total. The largest absolute Gasteiger partial charge is 0.416 e. The lowest BCUT2D eigenvalue weighted by molar-refractivity contribution is -0.161. The molecule has 3 rings (SSSR count). The van der Waals surface area contributed by atoms with Crippen LogP contribution in [-0.4, -0.2) is 35.7 Å². The Morgan fingerprint density at radius 2 is 1.42 bits per heavy atom. The lowest BCUT2D eigenvalue weighted by Crippen LogP contribution is -2.53. The van der Waals surface area contributed by atoms with Crippen molar-refractivity contribution in [2.45, 2.75) is 63.3 Å². The molecule has 0 aromatic heterocycles. The quantitative estimate of drug-likeness (QED) is 0.192. The number of hydrogen-bond donors (Lipinski definition) is 3. The summed E-state index contributed by atoms with van der Waals surface area (Å²) in [4.78, 5) is 13.1. The molecule has 3 aromatic carbocycles. The number of benzene rings is 3. The number of aliphatic hydroxyl groups excluding tert-OH is 1. The van der Waals surface area contributed by atoms with Gasteiger partial charge < -0.3 is 10.4 Å². The second kappa shape index (κ2) is 14.3. The summed E-state index contributed by atoms with van der Waals surface area (Å²) in [5.41, 5.74) is -0.930. The van der Waals surface area contributed by atoms with Crippen LogP contribution >= 0.6 is 0 Å². The first-order valence-corrected chi connectivity index (χ1v) is 13.5. The third-order valence-electron chi connectivity index (χ3n) is 6.97. The smallest absolute Gasteiger partial charge is 0.382 e. The highest BCUT2D eigenvalue weighted by molar-refractivity contribution is 5.82. The van der Waals surface area contributed by atoms with Gasteiger partial charge in [-0.1, -0.05) is 68.4 Å². The molecule has 3 aromatic rings. The molecule has 0 heterocycles. The molecule has 0 unspecified atom stereocenters. The number of amides is 1. The zero-order valence-corrected chi connectivity index (χ0v) is 23.7. The molecule has 0 saturated carbocycles. The van der Waals surface area contributed by atoms with E-state index < -0.39 is 72.6 Å². The Morgan fingerprint density at radius 3 is 1.84 bits per heavy atom. The summed E-state index contributed by atoms with van der Waals surface area (Å²) < 4.78 is 121. The number of carbonyl (C=O) groups excluding carboxylic acids is 1. The first kappa shape index (κ1) is 35.4. The third kappa shape index (κ3) is 9.21. The lowest BCUT2D eigenvalue weighted by atomic mass is 9.96. The Balaban J connectivity index is 1.78. The van der Waals surface area contributed by atoms with Gasteiger partial charge in [0, 0.05) is 6.42 Å². The highest BCUT2D eigenvalue weighted by atomic mass is 19.4. The van der Waals surface area contributed by atoms with Gasteiger partial charge in [0.2, 0.25) is 5.91 Å². The van der Waals surface area contributed by atoms with Crippen molar-refractivity contribution in [3.8, 4) is 17.2 Å². The maximum Gasteiger partial charge on any atom is 0.416 e. The van der Waals surface area contributed by atoms with Crippen LogP contribution in [0.2, 0.25) is 0 Å². The van der Waals surface area contributed by atoms with Gasteiger partial charge in [0.15, 0.2) is 0 Å². The van der Waals surface area contributed by atoms with Crippen LogP contribution in [0.4, 0.5) is 39.5 Å². The van der Waals surface area contributed by atoms with Crippen molar-refractivity contribution in [3.63, 3.8) is 0 Å². The molecule has 0 aliphatic rings.